The second-order valence-corrected chi connectivity index (χ2v) is 5.05. The van der Waals surface area contributed by atoms with E-state index in [4.69, 9.17) is 5.73 Å². The molecule has 1 fully saturated rings. The highest BCUT2D eigenvalue weighted by Gasteiger charge is 2.19. The summed E-state index contributed by atoms with van der Waals surface area (Å²) in [5.74, 6) is 0.616. The lowest BCUT2D eigenvalue weighted by Gasteiger charge is -2.15. The smallest absolute Gasteiger partial charge is 0.253 e. The number of aromatic nitrogens is 1. The molecule has 1 aromatic heterocycles. The number of nitrogens with two attached hydrogens (primary N) is 1. The van der Waals surface area contributed by atoms with Gasteiger partial charge >= 0.3 is 0 Å². The standard InChI is InChI=1S/C16H17N3O/c17-15-7-6-14(11-18-15)12-4-3-5-13(10-12)16(20)19-8-1-2-9-19/h3-7,10-11H,1-2,8-9H2,(H2,17,18). The Morgan fingerprint density at radius 2 is 1.90 bits per heavy atom. The zero-order chi connectivity index (χ0) is 13.9. The third kappa shape index (κ3) is 2.50. The lowest BCUT2D eigenvalue weighted by Crippen LogP contribution is -2.27. The summed E-state index contributed by atoms with van der Waals surface area (Å²) in [6.45, 7) is 1.74. The Morgan fingerprint density at radius 3 is 2.60 bits per heavy atom. The second kappa shape index (κ2) is 5.33. The maximum atomic E-state index is 12.4. The van der Waals surface area contributed by atoms with Gasteiger partial charge in [-0.05, 0) is 42.7 Å². The van der Waals surface area contributed by atoms with Gasteiger partial charge in [0.25, 0.3) is 5.91 Å². The van der Waals surface area contributed by atoms with Crippen molar-refractivity contribution in [2.45, 2.75) is 12.8 Å². The Morgan fingerprint density at radius 1 is 1.10 bits per heavy atom. The number of amides is 1. The van der Waals surface area contributed by atoms with Crippen molar-refractivity contribution in [3.8, 4) is 11.1 Å². The quantitative estimate of drug-likeness (QED) is 0.909. The number of pyridine rings is 1. The van der Waals surface area contributed by atoms with Gasteiger partial charge < -0.3 is 10.6 Å². The Hall–Kier alpha value is -2.36. The van der Waals surface area contributed by atoms with Gasteiger partial charge in [0.2, 0.25) is 0 Å². The topological polar surface area (TPSA) is 59.2 Å². The fourth-order valence-electron chi connectivity index (χ4n) is 2.51. The van der Waals surface area contributed by atoms with E-state index in [0.29, 0.717) is 5.82 Å². The van der Waals surface area contributed by atoms with E-state index >= 15 is 0 Å². The van der Waals surface area contributed by atoms with Gasteiger partial charge in [-0.15, -0.1) is 0 Å². The SMILES string of the molecule is Nc1ccc(-c2cccc(C(=O)N3CCCC3)c2)cn1. The minimum atomic E-state index is 0.118. The van der Waals surface area contributed by atoms with Crippen molar-refractivity contribution >= 4 is 11.7 Å². The Balaban J connectivity index is 1.89. The molecule has 2 aromatic rings. The number of carbonyl (C=O) groups excluding carboxylic acids is 1. The van der Waals surface area contributed by atoms with Crippen LogP contribution < -0.4 is 5.73 Å². The summed E-state index contributed by atoms with van der Waals surface area (Å²) in [7, 11) is 0. The number of rotatable bonds is 2. The van der Waals surface area contributed by atoms with Gasteiger partial charge in [0.05, 0.1) is 0 Å². The molecule has 1 amide bonds. The Kier molecular flexibility index (Phi) is 3.37. The monoisotopic (exact) mass is 267 g/mol. The number of hydrogen-bond donors (Lipinski definition) is 1. The van der Waals surface area contributed by atoms with Crippen LogP contribution in [0.4, 0.5) is 5.82 Å². The van der Waals surface area contributed by atoms with Crippen molar-refractivity contribution in [1.82, 2.24) is 9.88 Å². The van der Waals surface area contributed by atoms with Crippen LogP contribution in [0.15, 0.2) is 42.6 Å². The molecule has 1 aliphatic rings. The van der Waals surface area contributed by atoms with Crippen LogP contribution in [0.5, 0.6) is 0 Å². The largest absolute Gasteiger partial charge is 0.384 e. The number of nitrogens with zero attached hydrogens (tertiary/aromatic N) is 2. The van der Waals surface area contributed by atoms with Gasteiger partial charge in [0.15, 0.2) is 0 Å². The molecule has 1 saturated heterocycles. The van der Waals surface area contributed by atoms with Crippen LogP contribution >= 0.6 is 0 Å². The van der Waals surface area contributed by atoms with Crippen LogP contribution in [0, 0.1) is 0 Å². The number of nitrogen functional groups attached to an aromatic ring is 1. The van der Waals surface area contributed by atoms with E-state index in [1.807, 2.05) is 35.2 Å². The highest BCUT2D eigenvalue weighted by Crippen LogP contribution is 2.22. The minimum absolute atomic E-state index is 0.118. The molecule has 0 aliphatic carbocycles. The molecule has 0 saturated carbocycles. The van der Waals surface area contributed by atoms with E-state index in [2.05, 4.69) is 4.98 Å². The molecule has 0 bridgehead atoms. The molecule has 3 rings (SSSR count). The highest BCUT2D eigenvalue weighted by molar-refractivity contribution is 5.95. The molecule has 1 aliphatic heterocycles. The molecule has 4 heteroatoms. The van der Waals surface area contributed by atoms with Crippen molar-refractivity contribution in [2.75, 3.05) is 18.8 Å². The average Bonchev–Trinajstić information content (AvgIpc) is 3.01. The Bertz CT molecular complexity index is 616. The van der Waals surface area contributed by atoms with Crippen molar-refractivity contribution in [2.24, 2.45) is 0 Å². The van der Waals surface area contributed by atoms with Crippen LogP contribution in [-0.2, 0) is 0 Å². The summed E-state index contributed by atoms with van der Waals surface area (Å²) in [5.41, 5.74) is 8.29. The lowest BCUT2D eigenvalue weighted by molar-refractivity contribution is 0.0793. The van der Waals surface area contributed by atoms with E-state index < -0.39 is 0 Å². The molecular formula is C16H17N3O. The molecule has 102 valence electrons. The number of likely N-dealkylation sites (tertiary alicyclic amines) is 1. The predicted molar refractivity (Wildman–Crippen MR) is 79.2 cm³/mol. The van der Waals surface area contributed by atoms with Gasteiger partial charge in [-0.2, -0.15) is 0 Å². The van der Waals surface area contributed by atoms with E-state index in [0.717, 1.165) is 42.6 Å². The van der Waals surface area contributed by atoms with E-state index in [-0.39, 0.29) is 5.91 Å². The van der Waals surface area contributed by atoms with Crippen LogP contribution in [0.1, 0.15) is 23.2 Å². The summed E-state index contributed by atoms with van der Waals surface area (Å²) < 4.78 is 0. The van der Waals surface area contributed by atoms with Crippen molar-refractivity contribution in [1.29, 1.82) is 0 Å². The van der Waals surface area contributed by atoms with Gasteiger partial charge in [-0.1, -0.05) is 12.1 Å². The number of anilines is 1. The third-order valence-corrected chi connectivity index (χ3v) is 3.62. The maximum absolute atomic E-state index is 12.4. The van der Waals surface area contributed by atoms with E-state index in [9.17, 15) is 4.79 Å². The predicted octanol–water partition coefficient (Wildman–Crippen LogP) is 2.57. The fraction of sp³-hybridized carbons (Fsp3) is 0.250. The molecule has 0 radical (unpaired) electrons. The van der Waals surface area contributed by atoms with Crippen molar-refractivity contribution < 1.29 is 4.79 Å². The molecule has 1 aromatic carbocycles. The van der Waals surface area contributed by atoms with Gasteiger partial charge in [-0.25, -0.2) is 4.98 Å². The van der Waals surface area contributed by atoms with E-state index in [1.165, 1.54) is 0 Å². The summed E-state index contributed by atoms with van der Waals surface area (Å²) in [5, 5.41) is 0. The second-order valence-electron chi connectivity index (χ2n) is 5.05. The first-order valence-electron chi connectivity index (χ1n) is 6.85. The first kappa shape index (κ1) is 12.7. The molecule has 2 heterocycles. The zero-order valence-electron chi connectivity index (χ0n) is 11.2. The first-order valence-corrected chi connectivity index (χ1v) is 6.85. The zero-order valence-corrected chi connectivity index (χ0v) is 11.2. The molecule has 0 unspecified atom stereocenters. The summed E-state index contributed by atoms with van der Waals surface area (Å²) in [6, 6.07) is 11.4. The van der Waals surface area contributed by atoms with E-state index in [1.54, 1.807) is 12.3 Å². The number of hydrogen-bond acceptors (Lipinski definition) is 3. The van der Waals surface area contributed by atoms with Crippen molar-refractivity contribution in [3.05, 3.63) is 48.2 Å². The molecule has 0 spiro atoms. The highest BCUT2D eigenvalue weighted by atomic mass is 16.2. The normalized spacial score (nSPS) is 14.5. The Labute approximate surface area is 118 Å². The summed E-state index contributed by atoms with van der Waals surface area (Å²) >= 11 is 0. The first-order chi connectivity index (χ1) is 9.74. The summed E-state index contributed by atoms with van der Waals surface area (Å²) in [6.07, 6.45) is 3.94. The van der Waals surface area contributed by atoms with Crippen LogP contribution in [0.25, 0.3) is 11.1 Å². The maximum Gasteiger partial charge on any atom is 0.253 e. The van der Waals surface area contributed by atoms with Crippen molar-refractivity contribution in [3.63, 3.8) is 0 Å². The van der Waals surface area contributed by atoms with Crippen LogP contribution in [0.3, 0.4) is 0 Å². The summed E-state index contributed by atoms with van der Waals surface area (Å²) in [4.78, 5) is 18.4. The minimum Gasteiger partial charge on any atom is -0.384 e. The lowest BCUT2D eigenvalue weighted by atomic mass is 10.0. The van der Waals surface area contributed by atoms with Crippen LogP contribution in [0.2, 0.25) is 0 Å². The van der Waals surface area contributed by atoms with Gasteiger partial charge in [-0.3, -0.25) is 4.79 Å². The molecule has 4 nitrogen and oxygen atoms in total. The molecule has 0 atom stereocenters. The van der Waals surface area contributed by atoms with Crippen LogP contribution in [-0.4, -0.2) is 28.9 Å². The fourth-order valence-corrected chi connectivity index (χ4v) is 2.51. The average molecular weight is 267 g/mol. The third-order valence-electron chi connectivity index (χ3n) is 3.62. The molecule has 2 N–H and O–H groups in total. The molecular weight excluding hydrogens is 250 g/mol. The number of benzene rings is 1. The number of carbonyl (C=O) groups is 1. The van der Waals surface area contributed by atoms with Gasteiger partial charge in [0.1, 0.15) is 5.82 Å². The molecule has 20 heavy (non-hydrogen) atoms. The van der Waals surface area contributed by atoms with Gasteiger partial charge in [0, 0.05) is 30.4 Å².